The highest BCUT2D eigenvalue weighted by molar-refractivity contribution is 7.89. The van der Waals surface area contributed by atoms with Crippen LogP contribution in [-0.4, -0.2) is 15.0 Å². The summed E-state index contributed by atoms with van der Waals surface area (Å²) in [4.78, 5) is -0.525. The molecule has 0 aliphatic carbocycles. The third-order valence-corrected chi connectivity index (χ3v) is 3.69. The topological polar surface area (TPSA) is 46.2 Å². The highest BCUT2D eigenvalue weighted by Crippen LogP contribution is 2.15. The van der Waals surface area contributed by atoms with E-state index in [-0.39, 0.29) is 6.54 Å². The van der Waals surface area contributed by atoms with Crippen LogP contribution in [0.1, 0.15) is 20.3 Å². The largest absolute Gasteiger partial charge is 0.243 e. The van der Waals surface area contributed by atoms with Gasteiger partial charge in [-0.15, -0.1) is 0 Å². The molecule has 0 saturated carbocycles. The van der Waals surface area contributed by atoms with Gasteiger partial charge in [0.05, 0.1) is 0 Å². The minimum atomic E-state index is -3.90. The smallest absolute Gasteiger partial charge is 0.211 e. The van der Waals surface area contributed by atoms with E-state index in [9.17, 15) is 17.2 Å². The Morgan fingerprint density at radius 3 is 2.47 bits per heavy atom. The van der Waals surface area contributed by atoms with E-state index in [1.54, 1.807) is 0 Å². The molecule has 96 valence electrons. The molecule has 1 aromatic rings. The summed E-state index contributed by atoms with van der Waals surface area (Å²) in [5.74, 6) is -1.54. The Morgan fingerprint density at radius 1 is 1.29 bits per heavy atom. The van der Waals surface area contributed by atoms with Gasteiger partial charge in [0.25, 0.3) is 0 Å². The van der Waals surface area contributed by atoms with Gasteiger partial charge in [-0.2, -0.15) is 0 Å². The molecule has 0 radical (unpaired) electrons. The van der Waals surface area contributed by atoms with Crippen molar-refractivity contribution in [3.63, 3.8) is 0 Å². The lowest BCUT2D eigenvalue weighted by Crippen LogP contribution is -2.26. The summed E-state index contributed by atoms with van der Waals surface area (Å²) in [5.41, 5.74) is 0. The SMILES string of the molecule is CC(C)CCNS(=O)(=O)c1ccc(F)cc1F. The maximum atomic E-state index is 13.3. The van der Waals surface area contributed by atoms with E-state index < -0.39 is 26.6 Å². The first-order valence-electron chi connectivity index (χ1n) is 5.27. The van der Waals surface area contributed by atoms with Crippen LogP contribution < -0.4 is 4.72 Å². The van der Waals surface area contributed by atoms with Crippen molar-refractivity contribution in [3.05, 3.63) is 29.8 Å². The van der Waals surface area contributed by atoms with E-state index in [1.165, 1.54) is 0 Å². The van der Waals surface area contributed by atoms with Crippen LogP contribution in [0.2, 0.25) is 0 Å². The molecule has 0 unspecified atom stereocenters. The number of hydrogen-bond donors (Lipinski definition) is 1. The molecule has 1 aromatic carbocycles. The van der Waals surface area contributed by atoms with Gasteiger partial charge < -0.3 is 0 Å². The van der Waals surface area contributed by atoms with Gasteiger partial charge in [0.2, 0.25) is 10.0 Å². The highest BCUT2D eigenvalue weighted by atomic mass is 32.2. The van der Waals surface area contributed by atoms with E-state index in [1.807, 2.05) is 13.8 Å². The van der Waals surface area contributed by atoms with E-state index in [4.69, 9.17) is 0 Å². The molecule has 0 fully saturated rings. The Labute approximate surface area is 99.9 Å². The van der Waals surface area contributed by atoms with Crippen molar-refractivity contribution in [1.82, 2.24) is 4.72 Å². The molecule has 1 N–H and O–H groups in total. The Morgan fingerprint density at radius 2 is 1.94 bits per heavy atom. The van der Waals surface area contributed by atoms with E-state index in [0.717, 1.165) is 12.1 Å². The van der Waals surface area contributed by atoms with Crippen LogP contribution >= 0.6 is 0 Å². The van der Waals surface area contributed by atoms with E-state index >= 15 is 0 Å². The fourth-order valence-corrected chi connectivity index (χ4v) is 2.36. The second-order valence-corrected chi connectivity index (χ2v) is 5.89. The quantitative estimate of drug-likeness (QED) is 0.886. The number of hydrogen-bond acceptors (Lipinski definition) is 2. The normalized spacial score (nSPS) is 12.1. The van der Waals surface area contributed by atoms with Gasteiger partial charge in [0.1, 0.15) is 16.5 Å². The number of halogens is 2. The monoisotopic (exact) mass is 263 g/mol. The lowest BCUT2D eigenvalue weighted by atomic mass is 10.1. The van der Waals surface area contributed by atoms with Gasteiger partial charge in [-0.3, -0.25) is 0 Å². The number of sulfonamides is 1. The van der Waals surface area contributed by atoms with Crippen molar-refractivity contribution in [2.45, 2.75) is 25.2 Å². The minimum absolute atomic E-state index is 0.233. The summed E-state index contributed by atoms with van der Waals surface area (Å²) in [7, 11) is -3.90. The Kier molecular flexibility index (Phi) is 4.59. The zero-order valence-corrected chi connectivity index (χ0v) is 10.5. The summed E-state index contributed by atoms with van der Waals surface area (Å²) in [6, 6.07) is 2.39. The molecule has 0 saturated heterocycles. The third-order valence-electron chi connectivity index (χ3n) is 2.20. The van der Waals surface area contributed by atoms with Gasteiger partial charge in [-0.25, -0.2) is 21.9 Å². The Bertz CT molecular complexity index is 486. The average Bonchev–Trinajstić information content (AvgIpc) is 2.15. The van der Waals surface area contributed by atoms with Crippen LogP contribution in [-0.2, 0) is 10.0 Å². The molecular formula is C11H15F2NO2S. The zero-order chi connectivity index (χ0) is 13.1. The standard InChI is InChI=1S/C11H15F2NO2S/c1-8(2)5-6-14-17(15,16)11-4-3-9(12)7-10(11)13/h3-4,7-8,14H,5-6H2,1-2H3. The molecule has 1 rings (SSSR count). The average molecular weight is 263 g/mol. The second kappa shape index (κ2) is 5.55. The molecule has 0 bridgehead atoms. The van der Waals surface area contributed by atoms with Crippen LogP contribution in [0.4, 0.5) is 8.78 Å². The van der Waals surface area contributed by atoms with Gasteiger partial charge in [0, 0.05) is 12.6 Å². The lowest BCUT2D eigenvalue weighted by Gasteiger charge is -2.08. The molecule has 6 heteroatoms. The first kappa shape index (κ1) is 14.1. The number of rotatable bonds is 5. The third kappa shape index (κ3) is 4.05. The molecular weight excluding hydrogens is 248 g/mol. The fraction of sp³-hybridized carbons (Fsp3) is 0.455. The van der Waals surface area contributed by atoms with Gasteiger partial charge >= 0.3 is 0 Å². The molecule has 0 aliphatic rings. The van der Waals surface area contributed by atoms with Crippen LogP contribution in [0.5, 0.6) is 0 Å². The lowest BCUT2D eigenvalue weighted by molar-refractivity contribution is 0.533. The molecule has 0 aliphatic heterocycles. The first-order chi connectivity index (χ1) is 7.83. The summed E-state index contributed by atoms with van der Waals surface area (Å²) < 4.78 is 51.5. The Hall–Kier alpha value is -1.01. The maximum Gasteiger partial charge on any atom is 0.243 e. The second-order valence-electron chi connectivity index (χ2n) is 4.16. The van der Waals surface area contributed by atoms with Crippen molar-refractivity contribution in [1.29, 1.82) is 0 Å². The number of nitrogens with one attached hydrogen (secondary N) is 1. The van der Waals surface area contributed by atoms with Crippen LogP contribution in [0.3, 0.4) is 0 Å². The van der Waals surface area contributed by atoms with Crippen molar-refractivity contribution in [3.8, 4) is 0 Å². The van der Waals surface area contributed by atoms with Gasteiger partial charge in [0.15, 0.2) is 0 Å². The zero-order valence-electron chi connectivity index (χ0n) is 9.70. The van der Waals surface area contributed by atoms with E-state index in [2.05, 4.69) is 4.72 Å². The summed E-state index contributed by atoms with van der Waals surface area (Å²) in [6.07, 6.45) is 0.655. The summed E-state index contributed by atoms with van der Waals surface area (Å²) in [5, 5.41) is 0. The van der Waals surface area contributed by atoms with Gasteiger partial charge in [-0.05, 0) is 24.5 Å². The predicted octanol–water partition coefficient (Wildman–Crippen LogP) is 2.29. The fourth-order valence-electron chi connectivity index (χ4n) is 1.25. The molecule has 0 spiro atoms. The van der Waals surface area contributed by atoms with Gasteiger partial charge in [-0.1, -0.05) is 13.8 Å². The van der Waals surface area contributed by atoms with Crippen molar-refractivity contribution in [2.24, 2.45) is 5.92 Å². The van der Waals surface area contributed by atoms with Crippen molar-refractivity contribution in [2.75, 3.05) is 6.54 Å². The molecule has 17 heavy (non-hydrogen) atoms. The van der Waals surface area contributed by atoms with Crippen LogP contribution in [0.15, 0.2) is 23.1 Å². The maximum absolute atomic E-state index is 13.3. The minimum Gasteiger partial charge on any atom is -0.211 e. The highest BCUT2D eigenvalue weighted by Gasteiger charge is 2.18. The first-order valence-corrected chi connectivity index (χ1v) is 6.76. The van der Waals surface area contributed by atoms with Crippen LogP contribution in [0.25, 0.3) is 0 Å². The molecule has 0 atom stereocenters. The molecule has 0 aromatic heterocycles. The molecule has 0 amide bonds. The van der Waals surface area contributed by atoms with Crippen LogP contribution in [0, 0.1) is 17.6 Å². The Balaban J connectivity index is 2.83. The summed E-state index contributed by atoms with van der Waals surface area (Å²) >= 11 is 0. The number of benzene rings is 1. The van der Waals surface area contributed by atoms with Crippen molar-refractivity contribution < 1.29 is 17.2 Å². The predicted molar refractivity (Wildman–Crippen MR) is 61.0 cm³/mol. The molecule has 3 nitrogen and oxygen atoms in total. The van der Waals surface area contributed by atoms with Crippen molar-refractivity contribution >= 4 is 10.0 Å². The summed E-state index contributed by atoms with van der Waals surface area (Å²) in [6.45, 7) is 4.14. The molecule has 0 heterocycles. The van der Waals surface area contributed by atoms with E-state index in [0.29, 0.717) is 18.4 Å².